The van der Waals surface area contributed by atoms with E-state index >= 15 is 0 Å². The molecule has 0 aliphatic carbocycles. The molecule has 0 unspecified atom stereocenters. The molecule has 6 heteroatoms. The number of ether oxygens (including phenoxy) is 3. The molecule has 0 aliphatic rings. The summed E-state index contributed by atoms with van der Waals surface area (Å²) in [5.74, 6) is -0.861. The Bertz CT molecular complexity index is 1070. The summed E-state index contributed by atoms with van der Waals surface area (Å²) in [6.45, 7) is 6.64. The monoisotopic (exact) mass is 929 g/mol. The molecular weight excluding hydrogens is 817 g/mol. The van der Waals surface area contributed by atoms with E-state index in [0.717, 1.165) is 77.0 Å². The molecule has 1 atom stereocenters. The molecule has 6 nitrogen and oxygen atoms in total. The topological polar surface area (TPSA) is 78.9 Å². The SMILES string of the molecule is CCCC/C=C\C/C=C\CCCCCCCC(=O)OC[C@H](COC(=O)CCCCCCCCCCCCCCCCCCC)OC(=O)CCCCCCCCCCCCCCCCCCC. The van der Waals surface area contributed by atoms with Crippen LogP contribution in [-0.4, -0.2) is 37.2 Å². The van der Waals surface area contributed by atoms with Crippen molar-refractivity contribution in [1.29, 1.82) is 0 Å². The summed E-state index contributed by atoms with van der Waals surface area (Å²) in [7, 11) is 0. The maximum absolute atomic E-state index is 12.9. The first-order valence-electron chi connectivity index (χ1n) is 29.3. The molecule has 0 spiro atoms. The van der Waals surface area contributed by atoms with E-state index in [1.165, 1.54) is 205 Å². The first-order chi connectivity index (χ1) is 32.5. The van der Waals surface area contributed by atoms with E-state index in [2.05, 4.69) is 45.1 Å². The molecule has 0 N–H and O–H groups in total. The van der Waals surface area contributed by atoms with Crippen molar-refractivity contribution in [3.05, 3.63) is 24.3 Å². The lowest BCUT2D eigenvalue weighted by molar-refractivity contribution is -0.167. The van der Waals surface area contributed by atoms with Crippen molar-refractivity contribution in [3.8, 4) is 0 Å². The van der Waals surface area contributed by atoms with Crippen LogP contribution in [-0.2, 0) is 28.6 Å². The Kier molecular flexibility index (Phi) is 53.7. The number of carbonyl (C=O) groups is 3. The van der Waals surface area contributed by atoms with Crippen LogP contribution in [0, 0.1) is 0 Å². The number of rotatable bonds is 54. The summed E-state index contributed by atoms with van der Waals surface area (Å²) in [6.07, 6.45) is 64.5. The molecule has 0 aromatic carbocycles. The van der Waals surface area contributed by atoms with Gasteiger partial charge in [-0.15, -0.1) is 0 Å². The van der Waals surface area contributed by atoms with Gasteiger partial charge in [-0.05, 0) is 44.9 Å². The Hall–Kier alpha value is -2.11. The zero-order valence-corrected chi connectivity index (χ0v) is 44.5. The van der Waals surface area contributed by atoms with Crippen LogP contribution < -0.4 is 0 Å². The van der Waals surface area contributed by atoms with Crippen molar-refractivity contribution in [2.75, 3.05) is 13.2 Å². The van der Waals surface area contributed by atoms with Gasteiger partial charge in [0.2, 0.25) is 0 Å². The third-order valence-electron chi connectivity index (χ3n) is 13.2. The predicted octanol–water partition coefficient (Wildman–Crippen LogP) is 19.5. The van der Waals surface area contributed by atoms with Gasteiger partial charge in [-0.1, -0.05) is 283 Å². The van der Waals surface area contributed by atoms with Gasteiger partial charge in [0.05, 0.1) is 0 Å². The average molecular weight is 930 g/mol. The van der Waals surface area contributed by atoms with Crippen molar-refractivity contribution in [2.45, 2.75) is 329 Å². The lowest BCUT2D eigenvalue weighted by atomic mass is 10.0. The number of carbonyl (C=O) groups excluding carboxylic acids is 3. The highest BCUT2D eigenvalue weighted by molar-refractivity contribution is 5.71. The summed E-state index contributed by atoms with van der Waals surface area (Å²) >= 11 is 0. The van der Waals surface area contributed by atoms with Crippen molar-refractivity contribution in [2.24, 2.45) is 0 Å². The minimum absolute atomic E-state index is 0.0700. The third kappa shape index (κ3) is 52.9. The smallest absolute Gasteiger partial charge is 0.306 e. The molecule has 0 amide bonds. The maximum atomic E-state index is 12.9. The first kappa shape index (κ1) is 63.9. The molecule has 66 heavy (non-hydrogen) atoms. The average Bonchev–Trinajstić information content (AvgIpc) is 3.31. The summed E-state index contributed by atoms with van der Waals surface area (Å²) in [5, 5.41) is 0. The summed E-state index contributed by atoms with van der Waals surface area (Å²) in [4.78, 5) is 38.2. The van der Waals surface area contributed by atoms with Crippen LogP contribution in [0.3, 0.4) is 0 Å². The van der Waals surface area contributed by atoms with E-state index in [9.17, 15) is 14.4 Å². The molecular formula is C60H112O6. The van der Waals surface area contributed by atoms with Crippen LogP contribution in [0.5, 0.6) is 0 Å². The van der Waals surface area contributed by atoms with Gasteiger partial charge in [0.15, 0.2) is 6.10 Å². The van der Waals surface area contributed by atoms with Crippen LogP contribution in [0.25, 0.3) is 0 Å². The van der Waals surface area contributed by atoms with E-state index in [-0.39, 0.29) is 31.1 Å². The van der Waals surface area contributed by atoms with Gasteiger partial charge < -0.3 is 14.2 Å². The second-order valence-electron chi connectivity index (χ2n) is 19.9. The Morgan fingerprint density at radius 1 is 0.303 bits per heavy atom. The number of hydrogen-bond acceptors (Lipinski definition) is 6. The summed E-state index contributed by atoms with van der Waals surface area (Å²) in [6, 6.07) is 0. The number of esters is 3. The van der Waals surface area contributed by atoms with Crippen molar-refractivity contribution in [1.82, 2.24) is 0 Å². The van der Waals surface area contributed by atoms with Gasteiger partial charge >= 0.3 is 17.9 Å². The summed E-state index contributed by atoms with van der Waals surface area (Å²) in [5.41, 5.74) is 0. The molecule has 0 bridgehead atoms. The number of hydrogen-bond donors (Lipinski definition) is 0. The van der Waals surface area contributed by atoms with E-state index in [4.69, 9.17) is 14.2 Å². The highest BCUT2D eigenvalue weighted by Gasteiger charge is 2.19. The van der Waals surface area contributed by atoms with Crippen LogP contribution >= 0.6 is 0 Å². The molecule has 0 aromatic heterocycles. The van der Waals surface area contributed by atoms with Gasteiger partial charge in [-0.3, -0.25) is 14.4 Å². The van der Waals surface area contributed by atoms with E-state index < -0.39 is 6.10 Å². The van der Waals surface area contributed by atoms with Crippen molar-refractivity contribution >= 4 is 17.9 Å². The lowest BCUT2D eigenvalue weighted by Gasteiger charge is -2.18. The van der Waals surface area contributed by atoms with Gasteiger partial charge in [0.1, 0.15) is 13.2 Å². The highest BCUT2D eigenvalue weighted by atomic mass is 16.6. The van der Waals surface area contributed by atoms with Crippen molar-refractivity contribution < 1.29 is 28.6 Å². The van der Waals surface area contributed by atoms with Crippen LogP contribution in [0.1, 0.15) is 323 Å². The van der Waals surface area contributed by atoms with Gasteiger partial charge in [0.25, 0.3) is 0 Å². The fourth-order valence-corrected chi connectivity index (χ4v) is 8.76. The molecule has 388 valence electrons. The van der Waals surface area contributed by atoms with E-state index in [1.54, 1.807) is 0 Å². The zero-order chi connectivity index (χ0) is 47.9. The van der Waals surface area contributed by atoms with Gasteiger partial charge in [-0.2, -0.15) is 0 Å². The fraction of sp³-hybridized carbons (Fsp3) is 0.883. The van der Waals surface area contributed by atoms with Crippen molar-refractivity contribution in [3.63, 3.8) is 0 Å². The largest absolute Gasteiger partial charge is 0.462 e. The van der Waals surface area contributed by atoms with Crippen LogP contribution in [0.4, 0.5) is 0 Å². The van der Waals surface area contributed by atoms with E-state index in [0.29, 0.717) is 19.3 Å². The normalized spacial score (nSPS) is 12.1. The number of allylic oxidation sites excluding steroid dienone is 4. The van der Waals surface area contributed by atoms with Gasteiger partial charge in [0, 0.05) is 19.3 Å². The molecule has 0 aromatic rings. The molecule has 0 saturated heterocycles. The lowest BCUT2D eigenvalue weighted by Crippen LogP contribution is -2.30. The Labute approximate surface area is 411 Å². The highest BCUT2D eigenvalue weighted by Crippen LogP contribution is 2.17. The minimum Gasteiger partial charge on any atom is -0.462 e. The molecule has 0 rings (SSSR count). The second-order valence-corrected chi connectivity index (χ2v) is 19.9. The number of unbranched alkanes of at least 4 members (excludes halogenated alkanes) is 39. The Morgan fingerprint density at radius 2 is 0.561 bits per heavy atom. The molecule has 0 radical (unpaired) electrons. The zero-order valence-electron chi connectivity index (χ0n) is 44.5. The molecule has 0 saturated carbocycles. The first-order valence-corrected chi connectivity index (χ1v) is 29.3. The van der Waals surface area contributed by atoms with E-state index in [1.807, 2.05) is 0 Å². The predicted molar refractivity (Wildman–Crippen MR) is 284 cm³/mol. The van der Waals surface area contributed by atoms with Gasteiger partial charge in [-0.25, -0.2) is 0 Å². The quantitative estimate of drug-likeness (QED) is 0.0262. The van der Waals surface area contributed by atoms with Crippen LogP contribution in [0.15, 0.2) is 24.3 Å². The molecule has 0 aliphatic heterocycles. The maximum Gasteiger partial charge on any atom is 0.306 e. The minimum atomic E-state index is -0.772. The Balaban J connectivity index is 4.32. The third-order valence-corrected chi connectivity index (χ3v) is 13.2. The molecule has 0 fully saturated rings. The fourth-order valence-electron chi connectivity index (χ4n) is 8.76. The molecule has 0 heterocycles. The summed E-state index contributed by atoms with van der Waals surface area (Å²) < 4.78 is 16.9. The standard InChI is InChI=1S/C60H112O6/c1-4-7-10-13-16-19-22-25-28-30-32-35-38-41-44-47-50-53-59(62)65-56-57(55-64-58(61)52-49-46-43-40-37-34-27-24-21-18-15-12-9-6-3)66-60(63)54-51-48-45-42-39-36-33-31-29-26-23-20-17-14-11-8-5-2/h15,18,24,27,57H,4-14,16-17,19-23,25-26,28-56H2,1-3H3/b18-15-,27-24-/t57-/m1/s1. The second kappa shape index (κ2) is 55.5. The Morgan fingerprint density at radius 3 is 0.879 bits per heavy atom. The van der Waals surface area contributed by atoms with Crippen LogP contribution in [0.2, 0.25) is 0 Å².